The first-order valence-corrected chi connectivity index (χ1v) is 5.77. The van der Waals surface area contributed by atoms with Gasteiger partial charge in [0.05, 0.1) is 11.6 Å². The first kappa shape index (κ1) is 11.3. The van der Waals surface area contributed by atoms with Crippen LogP contribution in [0.25, 0.3) is 0 Å². The third kappa shape index (κ3) is 3.42. The van der Waals surface area contributed by atoms with E-state index in [1.54, 1.807) is 0 Å². The molecule has 2 heteroatoms. The van der Waals surface area contributed by atoms with Crippen molar-refractivity contribution in [1.29, 1.82) is 5.26 Å². The smallest absolute Gasteiger partial charge is 0.0991 e. The Morgan fingerprint density at radius 3 is 2.47 bits per heavy atom. The van der Waals surface area contributed by atoms with Gasteiger partial charge in [0.25, 0.3) is 0 Å². The molecule has 0 atom stereocenters. The van der Waals surface area contributed by atoms with Crippen molar-refractivity contribution in [2.24, 2.45) is 0 Å². The number of hydrogen-bond donors (Lipinski definition) is 0. The van der Waals surface area contributed by atoms with Gasteiger partial charge in [0, 0.05) is 11.9 Å². The van der Waals surface area contributed by atoms with Crippen molar-refractivity contribution >= 4 is 0 Å². The van der Waals surface area contributed by atoms with Gasteiger partial charge in [-0.25, -0.2) is 0 Å². The van der Waals surface area contributed by atoms with E-state index in [-0.39, 0.29) is 0 Å². The van der Waals surface area contributed by atoms with Crippen LogP contribution in [0.2, 0.25) is 0 Å². The summed E-state index contributed by atoms with van der Waals surface area (Å²) in [6.45, 7) is 0. The third-order valence-corrected chi connectivity index (χ3v) is 2.71. The van der Waals surface area contributed by atoms with Crippen LogP contribution >= 0.6 is 0 Å². The molecule has 2 aromatic rings. The highest BCUT2D eigenvalue weighted by atomic mass is 14.7. The van der Waals surface area contributed by atoms with Crippen LogP contribution < -0.4 is 0 Å². The molecule has 0 fully saturated rings. The minimum absolute atomic E-state index is 0.721. The lowest BCUT2D eigenvalue weighted by molar-refractivity contribution is 0.799. The fourth-order valence-electron chi connectivity index (χ4n) is 1.77. The third-order valence-electron chi connectivity index (χ3n) is 2.71. The quantitative estimate of drug-likeness (QED) is 0.796. The normalized spacial score (nSPS) is 9.82. The van der Waals surface area contributed by atoms with E-state index in [2.05, 4.69) is 17.1 Å². The fourth-order valence-corrected chi connectivity index (χ4v) is 1.77. The standard InChI is InChI=1S/C15H14N2/c16-12-14-9-7-13(8-10-14)4-3-6-15-5-1-2-11-17-15/h1-2,5,7-11H,3-4,6H2. The maximum absolute atomic E-state index is 8.69. The predicted molar refractivity (Wildman–Crippen MR) is 67.4 cm³/mol. The van der Waals surface area contributed by atoms with Gasteiger partial charge in [0.15, 0.2) is 0 Å². The molecule has 1 aromatic heterocycles. The molecule has 0 aliphatic rings. The zero-order valence-corrected chi connectivity index (χ0v) is 9.63. The number of aryl methyl sites for hydroxylation is 2. The van der Waals surface area contributed by atoms with Gasteiger partial charge in [-0.05, 0) is 49.1 Å². The maximum Gasteiger partial charge on any atom is 0.0991 e. The average molecular weight is 222 g/mol. The van der Waals surface area contributed by atoms with Crippen LogP contribution in [0.4, 0.5) is 0 Å². The van der Waals surface area contributed by atoms with Gasteiger partial charge in [0.1, 0.15) is 0 Å². The second kappa shape index (κ2) is 5.81. The lowest BCUT2D eigenvalue weighted by Crippen LogP contribution is -1.92. The SMILES string of the molecule is N#Cc1ccc(CCCc2ccccn2)cc1. The minimum atomic E-state index is 0.721. The van der Waals surface area contributed by atoms with Crippen LogP contribution in [-0.2, 0) is 12.8 Å². The summed E-state index contributed by atoms with van der Waals surface area (Å²) < 4.78 is 0. The van der Waals surface area contributed by atoms with E-state index < -0.39 is 0 Å². The van der Waals surface area contributed by atoms with E-state index in [9.17, 15) is 0 Å². The van der Waals surface area contributed by atoms with E-state index in [1.165, 1.54) is 5.56 Å². The summed E-state index contributed by atoms with van der Waals surface area (Å²) in [6, 6.07) is 15.9. The number of nitriles is 1. The summed E-state index contributed by atoms with van der Waals surface area (Å²) in [5, 5.41) is 8.69. The molecule has 0 amide bonds. The molecule has 0 N–H and O–H groups in total. The minimum Gasteiger partial charge on any atom is -0.261 e. The Morgan fingerprint density at radius 2 is 1.82 bits per heavy atom. The predicted octanol–water partition coefficient (Wildman–Crippen LogP) is 3.13. The molecule has 0 saturated carbocycles. The van der Waals surface area contributed by atoms with Crippen LogP contribution in [0.1, 0.15) is 23.2 Å². The first-order chi connectivity index (χ1) is 8.38. The van der Waals surface area contributed by atoms with Crippen LogP contribution in [0, 0.1) is 11.3 Å². The van der Waals surface area contributed by atoms with Crippen molar-refractivity contribution < 1.29 is 0 Å². The van der Waals surface area contributed by atoms with E-state index in [0.29, 0.717) is 0 Å². The molecule has 84 valence electrons. The van der Waals surface area contributed by atoms with Gasteiger partial charge >= 0.3 is 0 Å². The zero-order valence-electron chi connectivity index (χ0n) is 9.63. The zero-order chi connectivity index (χ0) is 11.9. The second-order valence-corrected chi connectivity index (χ2v) is 3.98. The van der Waals surface area contributed by atoms with Crippen LogP contribution in [0.3, 0.4) is 0 Å². The summed E-state index contributed by atoms with van der Waals surface area (Å²) in [5.41, 5.74) is 3.14. The lowest BCUT2D eigenvalue weighted by atomic mass is 10.1. The molecule has 1 aromatic carbocycles. The molecule has 0 radical (unpaired) electrons. The van der Waals surface area contributed by atoms with Crippen molar-refractivity contribution in [2.75, 3.05) is 0 Å². The molecule has 1 heterocycles. The summed E-state index contributed by atoms with van der Waals surface area (Å²) in [4.78, 5) is 4.29. The lowest BCUT2D eigenvalue weighted by Gasteiger charge is -2.01. The Hall–Kier alpha value is -2.14. The van der Waals surface area contributed by atoms with E-state index in [1.807, 2.05) is 42.6 Å². The molecule has 0 aliphatic heterocycles. The average Bonchev–Trinajstić information content (AvgIpc) is 2.41. The number of nitrogens with zero attached hydrogens (tertiary/aromatic N) is 2. The van der Waals surface area contributed by atoms with E-state index in [4.69, 9.17) is 5.26 Å². The van der Waals surface area contributed by atoms with Crippen LogP contribution in [-0.4, -0.2) is 4.98 Å². The van der Waals surface area contributed by atoms with Crippen molar-refractivity contribution in [3.8, 4) is 6.07 Å². The van der Waals surface area contributed by atoms with Crippen LogP contribution in [0.5, 0.6) is 0 Å². The van der Waals surface area contributed by atoms with Gasteiger partial charge in [-0.1, -0.05) is 18.2 Å². The molecule has 0 unspecified atom stereocenters. The molecule has 0 aliphatic carbocycles. The molecule has 0 bridgehead atoms. The van der Waals surface area contributed by atoms with Gasteiger partial charge in [-0.3, -0.25) is 4.98 Å². The summed E-state index contributed by atoms with van der Waals surface area (Å²) in [6.07, 6.45) is 4.95. The van der Waals surface area contributed by atoms with Gasteiger partial charge in [-0.2, -0.15) is 5.26 Å². The van der Waals surface area contributed by atoms with E-state index in [0.717, 1.165) is 30.5 Å². The molecule has 0 spiro atoms. The number of hydrogen-bond acceptors (Lipinski definition) is 2. The van der Waals surface area contributed by atoms with Crippen molar-refractivity contribution in [1.82, 2.24) is 4.98 Å². The van der Waals surface area contributed by atoms with Crippen molar-refractivity contribution in [2.45, 2.75) is 19.3 Å². The molecule has 2 nitrogen and oxygen atoms in total. The Balaban J connectivity index is 1.84. The highest BCUT2D eigenvalue weighted by Crippen LogP contribution is 2.08. The molecular weight excluding hydrogens is 208 g/mol. The Labute approximate surface area is 102 Å². The van der Waals surface area contributed by atoms with Crippen molar-refractivity contribution in [3.63, 3.8) is 0 Å². The Kier molecular flexibility index (Phi) is 3.88. The monoisotopic (exact) mass is 222 g/mol. The van der Waals surface area contributed by atoms with Gasteiger partial charge < -0.3 is 0 Å². The summed E-state index contributed by atoms with van der Waals surface area (Å²) >= 11 is 0. The molecule has 2 rings (SSSR count). The second-order valence-electron chi connectivity index (χ2n) is 3.98. The molecule has 0 saturated heterocycles. The molecular formula is C15H14N2. The van der Waals surface area contributed by atoms with E-state index >= 15 is 0 Å². The van der Waals surface area contributed by atoms with Gasteiger partial charge in [0.2, 0.25) is 0 Å². The highest BCUT2D eigenvalue weighted by molar-refractivity contribution is 5.31. The summed E-state index contributed by atoms with van der Waals surface area (Å²) in [5.74, 6) is 0. The molecule has 17 heavy (non-hydrogen) atoms. The number of benzene rings is 1. The largest absolute Gasteiger partial charge is 0.261 e. The number of rotatable bonds is 4. The maximum atomic E-state index is 8.69. The van der Waals surface area contributed by atoms with Gasteiger partial charge in [-0.15, -0.1) is 0 Å². The number of aromatic nitrogens is 1. The summed E-state index contributed by atoms with van der Waals surface area (Å²) in [7, 11) is 0. The topological polar surface area (TPSA) is 36.7 Å². The number of pyridine rings is 1. The Morgan fingerprint density at radius 1 is 1.00 bits per heavy atom. The van der Waals surface area contributed by atoms with Crippen LogP contribution in [0.15, 0.2) is 48.7 Å². The highest BCUT2D eigenvalue weighted by Gasteiger charge is 1.96. The van der Waals surface area contributed by atoms with Crippen molar-refractivity contribution in [3.05, 3.63) is 65.5 Å². The Bertz CT molecular complexity index is 495. The first-order valence-electron chi connectivity index (χ1n) is 5.77. The fraction of sp³-hybridized carbons (Fsp3) is 0.200.